The molecule has 0 bridgehead atoms. The van der Waals surface area contributed by atoms with Gasteiger partial charge in [-0.15, -0.1) is 0 Å². The molecule has 0 spiro atoms. The minimum Gasteiger partial charge on any atom is -0.0622 e. The van der Waals surface area contributed by atoms with Gasteiger partial charge in [-0.05, 0) is 90.4 Å². The largest absolute Gasteiger partial charge is 0.0622 e. The molecule has 200 valence electrons. The molecule has 6 aromatic rings. The third kappa shape index (κ3) is 3.46. The van der Waals surface area contributed by atoms with Gasteiger partial charge in [0, 0.05) is 10.8 Å². The molecule has 2 aliphatic rings. The maximum atomic E-state index is 2.57. The highest BCUT2D eigenvalue weighted by Crippen LogP contribution is 2.61. The summed E-state index contributed by atoms with van der Waals surface area (Å²) in [4.78, 5) is 0. The second kappa shape index (κ2) is 8.67. The van der Waals surface area contributed by atoms with Crippen molar-refractivity contribution in [2.75, 3.05) is 0 Å². The van der Waals surface area contributed by atoms with Crippen LogP contribution in [-0.2, 0) is 23.7 Å². The van der Waals surface area contributed by atoms with Gasteiger partial charge >= 0.3 is 0 Å². The molecule has 0 N–H and O–H groups in total. The molecule has 0 heterocycles. The summed E-state index contributed by atoms with van der Waals surface area (Å²) in [7, 11) is 0. The van der Waals surface area contributed by atoms with Crippen LogP contribution in [0.2, 0.25) is 0 Å². The smallest absolute Gasteiger partial charge is 0.0165 e. The van der Waals surface area contributed by atoms with Gasteiger partial charge in [-0.3, -0.25) is 0 Å². The topological polar surface area (TPSA) is 0 Å². The van der Waals surface area contributed by atoms with Gasteiger partial charge in [0.05, 0.1) is 0 Å². The number of benzene rings is 6. The van der Waals surface area contributed by atoms with Crippen LogP contribution in [0.25, 0.3) is 32.7 Å². The SMILES string of the molecule is CC1(C)c2cc(CC(Cc3ccccc3)c3ccccc3)cc3c2-c2c1c1ccccc1c1cccc(c21)C3(C)C. The first kappa shape index (κ1) is 24.6. The van der Waals surface area contributed by atoms with Gasteiger partial charge in [0.1, 0.15) is 0 Å². The van der Waals surface area contributed by atoms with Crippen molar-refractivity contribution in [3.05, 3.63) is 154 Å². The van der Waals surface area contributed by atoms with Gasteiger partial charge in [0.2, 0.25) is 0 Å². The summed E-state index contributed by atoms with van der Waals surface area (Å²) in [5, 5.41) is 5.67. The normalized spacial score (nSPS) is 16.3. The van der Waals surface area contributed by atoms with Crippen LogP contribution in [-0.4, -0.2) is 0 Å². The van der Waals surface area contributed by atoms with Crippen molar-refractivity contribution in [3.63, 3.8) is 0 Å². The molecule has 0 radical (unpaired) electrons. The van der Waals surface area contributed by atoms with Gasteiger partial charge < -0.3 is 0 Å². The first-order valence-corrected chi connectivity index (χ1v) is 15.1. The molecule has 0 saturated heterocycles. The van der Waals surface area contributed by atoms with Crippen LogP contribution >= 0.6 is 0 Å². The lowest BCUT2D eigenvalue weighted by molar-refractivity contribution is 0.631. The summed E-state index contributed by atoms with van der Waals surface area (Å²) in [5.74, 6) is 0.419. The van der Waals surface area contributed by atoms with Crippen molar-refractivity contribution in [2.24, 2.45) is 0 Å². The molecule has 0 heteroatoms. The lowest BCUT2D eigenvalue weighted by Gasteiger charge is -2.36. The van der Waals surface area contributed by atoms with E-state index in [1.165, 1.54) is 71.6 Å². The van der Waals surface area contributed by atoms with Gasteiger partial charge in [0.15, 0.2) is 0 Å². The predicted octanol–water partition coefficient (Wildman–Crippen LogP) is 10.5. The predicted molar refractivity (Wildman–Crippen MR) is 174 cm³/mol. The van der Waals surface area contributed by atoms with Crippen LogP contribution in [0, 0.1) is 0 Å². The van der Waals surface area contributed by atoms with E-state index in [9.17, 15) is 0 Å². The van der Waals surface area contributed by atoms with Gasteiger partial charge in [-0.25, -0.2) is 0 Å². The van der Waals surface area contributed by atoms with Crippen molar-refractivity contribution in [3.8, 4) is 11.1 Å². The van der Waals surface area contributed by atoms with Crippen LogP contribution < -0.4 is 0 Å². The molecule has 0 nitrogen and oxygen atoms in total. The quantitative estimate of drug-likeness (QED) is 0.195. The van der Waals surface area contributed by atoms with E-state index in [1.807, 2.05) is 0 Å². The fourth-order valence-electron chi connectivity index (χ4n) is 8.23. The summed E-state index contributed by atoms with van der Waals surface area (Å²) in [5.41, 5.74) is 13.1. The van der Waals surface area contributed by atoms with Gasteiger partial charge in [0.25, 0.3) is 0 Å². The minimum absolute atomic E-state index is 0.0710. The monoisotopic (exact) mass is 528 g/mol. The Morgan fingerprint density at radius 3 is 1.80 bits per heavy atom. The molecular formula is C41H36. The Hall–Kier alpha value is -4.16. The summed E-state index contributed by atoms with van der Waals surface area (Å²) < 4.78 is 0. The Morgan fingerprint density at radius 1 is 0.488 bits per heavy atom. The zero-order valence-corrected chi connectivity index (χ0v) is 24.5. The molecule has 1 unspecified atom stereocenters. The Kier molecular flexibility index (Phi) is 5.21. The molecule has 8 rings (SSSR count). The van der Waals surface area contributed by atoms with Crippen LogP contribution in [0.15, 0.2) is 115 Å². The maximum Gasteiger partial charge on any atom is 0.0165 e. The average molecular weight is 529 g/mol. The molecule has 0 fully saturated rings. The Balaban J connectivity index is 1.37. The van der Waals surface area contributed by atoms with Crippen LogP contribution in [0.1, 0.15) is 72.6 Å². The minimum atomic E-state index is -0.0750. The van der Waals surface area contributed by atoms with E-state index < -0.39 is 0 Å². The molecule has 41 heavy (non-hydrogen) atoms. The number of fused-ring (bicyclic) bond motifs is 3. The van der Waals surface area contributed by atoms with Crippen LogP contribution in [0.3, 0.4) is 0 Å². The lowest BCUT2D eigenvalue weighted by Crippen LogP contribution is -2.24. The molecule has 1 atom stereocenters. The van der Waals surface area contributed by atoms with E-state index in [0.717, 1.165) is 12.8 Å². The summed E-state index contributed by atoms with van der Waals surface area (Å²) in [6.45, 7) is 9.82. The second-order valence-electron chi connectivity index (χ2n) is 13.3. The molecule has 0 aromatic heterocycles. The molecular weight excluding hydrogens is 492 g/mol. The Morgan fingerprint density at radius 2 is 1.07 bits per heavy atom. The van der Waals surface area contributed by atoms with E-state index in [1.54, 1.807) is 0 Å². The molecule has 0 saturated carbocycles. The summed E-state index contributed by atoms with van der Waals surface area (Å²) in [6, 6.07) is 43.4. The van der Waals surface area contributed by atoms with Crippen LogP contribution in [0.4, 0.5) is 0 Å². The highest BCUT2D eigenvalue weighted by atomic mass is 14.5. The molecule has 2 aliphatic carbocycles. The third-order valence-corrected chi connectivity index (χ3v) is 10.2. The van der Waals surface area contributed by atoms with Crippen molar-refractivity contribution in [1.29, 1.82) is 0 Å². The molecule has 0 aliphatic heterocycles. The van der Waals surface area contributed by atoms with Gasteiger partial charge in [-0.1, -0.05) is 143 Å². The fraction of sp³-hybridized carbons (Fsp3) is 0.220. The zero-order valence-electron chi connectivity index (χ0n) is 24.5. The maximum absolute atomic E-state index is 2.57. The highest BCUT2D eigenvalue weighted by Gasteiger charge is 2.46. The Labute approximate surface area is 243 Å². The van der Waals surface area contributed by atoms with E-state index in [-0.39, 0.29) is 10.8 Å². The van der Waals surface area contributed by atoms with E-state index in [0.29, 0.717) is 5.92 Å². The standard InChI is InChI=1S/C41H36/c1-40(2)33-21-13-20-31-30-18-11-12-19-32(30)39-38(36(31)33)37-34(40)24-27(25-35(37)41(39,3)4)23-29(28-16-9-6-10-17-28)22-26-14-7-5-8-15-26/h5-21,24-25,29H,22-23H2,1-4H3. The van der Waals surface area contributed by atoms with E-state index in [2.05, 4.69) is 143 Å². The van der Waals surface area contributed by atoms with Crippen molar-refractivity contribution in [2.45, 2.75) is 57.3 Å². The van der Waals surface area contributed by atoms with E-state index in [4.69, 9.17) is 0 Å². The third-order valence-electron chi connectivity index (χ3n) is 10.2. The van der Waals surface area contributed by atoms with Crippen LogP contribution in [0.5, 0.6) is 0 Å². The zero-order chi connectivity index (χ0) is 27.9. The number of hydrogen-bond donors (Lipinski definition) is 0. The average Bonchev–Trinajstić information content (AvgIpc) is 3.23. The highest BCUT2D eigenvalue weighted by molar-refractivity contribution is 6.21. The van der Waals surface area contributed by atoms with E-state index >= 15 is 0 Å². The molecule has 0 amide bonds. The summed E-state index contributed by atoms with van der Waals surface area (Å²) >= 11 is 0. The molecule has 6 aromatic carbocycles. The first-order valence-electron chi connectivity index (χ1n) is 15.1. The van der Waals surface area contributed by atoms with Gasteiger partial charge in [-0.2, -0.15) is 0 Å². The lowest BCUT2D eigenvalue weighted by atomic mass is 9.67. The summed E-state index contributed by atoms with van der Waals surface area (Å²) in [6.07, 6.45) is 2.07. The number of hydrogen-bond acceptors (Lipinski definition) is 0. The number of rotatable bonds is 5. The Bertz CT molecular complexity index is 1970. The van der Waals surface area contributed by atoms with Crippen molar-refractivity contribution in [1.82, 2.24) is 0 Å². The first-order chi connectivity index (χ1) is 19.9. The van der Waals surface area contributed by atoms with Crippen molar-refractivity contribution < 1.29 is 0 Å². The van der Waals surface area contributed by atoms with Crippen molar-refractivity contribution >= 4 is 21.5 Å². The fourth-order valence-corrected chi connectivity index (χ4v) is 8.23. The second-order valence-corrected chi connectivity index (χ2v) is 13.3.